The van der Waals surface area contributed by atoms with Gasteiger partial charge in [0.05, 0.1) is 5.41 Å². The van der Waals surface area contributed by atoms with Crippen LogP contribution in [-0.4, -0.2) is 29.3 Å². The number of carbonyl (C=O) groups is 2. The molecule has 0 aliphatic heterocycles. The lowest BCUT2D eigenvalue weighted by atomic mass is 9.79. The molecule has 0 aliphatic rings. The molecule has 0 aliphatic carbocycles. The Morgan fingerprint density at radius 2 is 1.78 bits per heavy atom. The Bertz CT molecular complexity index is 549. The van der Waals surface area contributed by atoms with E-state index in [1.165, 1.54) is 0 Å². The molecule has 0 saturated heterocycles. The van der Waals surface area contributed by atoms with Gasteiger partial charge in [0.15, 0.2) is 0 Å². The summed E-state index contributed by atoms with van der Waals surface area (Å²) in [5, 5.41) is 12.2. The van der Waals surface area contributed by atoms with Crippen molar-refractivity contribution in [2.45, 2.75) is 46.1 Å². The molecule has 0 saturated carbocycles. The molecule has 0 heterocycles. The maximum atomic E-state index is 11.8. The summed E-state index contributed by atoms with van der Waals surface area (Å²) in [5.41, 5.74) is 5.41. The molecule has 0 bridgehead atoms. The Hall–Kier alpha value is -2.24. The van der Waals surface area contributed by atoms with Gasteiger partial charge in [0.1, 0.15) is 5.60 Å². The van der Waals surface area contributed by atoms with Crippen molar-refractivity contribution in [2.24, 2.45) is 5.41 Å². The third-order valence-electron chi connectivity index (χ3n) is 3.62. The average molecular weight is 322 g/mol. The Labute approximate surface area is 137 Å². The number of anilines is 1. The van der Waals surface area contributed by atoms with Crippen molar-refractivity contribution in [2.75, 3.05) is 12.3 Å². The van der Waals surface area contributed by atoms with Gasteiger partial charge in [0, 0.05) is 12.2 Å². The number of carbonyl (C=O) groups excluding carboxylic acids is 1. The number of nitrogens with two attached hydrogens (primary N) is 1. The highest BCUT2D eigenvalue weighted by Gasteiger charge is 2.37. The van der Waals surface area contributed by atoms with Gasteiger partial charge in [-0.3, -0.25) is 4.79 Å². The number of ether oxygens (including phenoxy) is 1. The number of hydrogen-bond acceptors (Lipinski definition) is 4. The van der Waals surface area contributed by atoms with Crippen LogP contribution in [0.3, 0.4) is 0 Å². The summed E-state index contributed by atoms with van der Waals surface area (Å²) in [4.78, 5) is 23.6. The van der Waals surface area contributed by atoms with Crippen LogP contribution in [0.2, 0.25) is 0 Å². The first-order chi connectivity index (χ1) is 10.6. The van der Waals surface area contributed by atoms with Gasteiger partial charge in [-0.25, -0.2) is 4.79 Å². The molecule has 0 spiro atoms. The molecule has 0 radical (unpaired) electrons. The Kier molecular flexibility index (Phi) is 6.01. The Morgan fingerprint density at radius 1 is 1.22 bits per heavy atom. The van der Waals surface area contributed by atoms with Crippen LogP contribution in [0.15, 0.2) is 24.3 Å². The third kappa shape index (κ3) is 5.81. The predicted octanol–water partition coefficient (Wildman–Crippen LogP) is 2.82. The van der Waals surface area contributed by atoms with E-state index in [2.05, 4.69) is 5.32 Å². The fraction of sp³-hybridized carbons (Fsp3) is 0.529. The van der Waals surface area contributed by atoms with Gasteiger partial charge in [-0.15, -0.1) is 0 Å². The monoisotopic (exact) mass is 322 g/mol. The zero-order valence-corrected chi connectivity index (χ0v) is 14.2. The maximum absolute atomic E-state index is 11.8. The van der Waals surface area contributed by atoms with Gasteiger partial charge >= 0.3 is 12.1 Å². The fourth-order valence-corrected chi connectivity index (χ4v) is 2.20. The molecule has 6 heteroatoms. The van der Waals surface area contributed by atoms with Crippen LogP contribution in [-0.2, 0) is 16.0 Å². The van der Waals surface area contributed by atoms with E-state index < -0.39 is 23.1 Å². The maximum Gasteiger partial charge on any atom is 0.407 e. The highest BCUT2D eigenvalue weighted by atomic mass is 16.6. The van der Waals surface area contributed by atoms with Crippen molar-refractivity contribution in [1.82, 2.24) is 5.32 Å². The van der Waals surface area contributed by atoms with Gasteiger partial charge in [-0.1, -0.05) is 19.1 Å². The molecule has 6 nitrogen and oxygen atoms in total. The lowest BCUT2D eigenvalue weighted by Gasteiger charge is -2.29. The van der Waals surface area contributed by atoms with Crippen molar-refractivity contribution in [3.63, 3.8) is 0 Å². The number of alkyl carbamates (subject to hydrolysis) is 1. The van der Waals surface area contributed by atoms with Crippen LogP contribution >= 0.6 is 0 Å². The zero-order valence-electron chi connectivity index (χ0n) is 14.2. The van der Waals surface area contributed by atoms with E-state index >= 15 is 0 Å². The Balaban J connectivity index is 2.84. The van der Waals surface area contributed by atoms with Crippen LogP contribution in [0.5, 0.6) is 0 Å². The molecule has 23 heavy (non-hydrogen) atoms. The van der Waals surface area contributed by atoms with Crippen LogP contribution < -0.4 is 11.1 Å². The summed E-state index contributed by atoms with van der Waals surface area (Å²) in [6, 6.07) is 7.07. The first kappa shape index (κ1) is 18.8. The standard InChI is InChI=1S/C17H26N2O4/c1-5-17(14(20)21,10-12-6-8-13(18)9-7-12)11-19-15(22)23-16(2,3)4/h6-9H,5,10-11,18H2,1-4H3,(H,19,22)(H,20,21). The van der Waals surface area contributed by atoms with Crippen molar-refractivity contribution >= 4 is 17.7 Å². The summed E-state index contributed by atoms with van der Waals surface area (Å²) in [6.45, 7) is 7.06. The number of nitrogen functional groups attached to an aromatic ring is 1. The number of aliphatic carboxylic acids is 1. The average Bonchev–Trinajstić information content (AvgIpc) is 2.43. The summed E-state index contributed by atoms with van der Waals surface area (Å²) < 4.78 is 5.16. The molecule has 1 unspecified atom stereocenters. The van der Waals surface area contributed by atoms with Gasteiger partial charge < -0.3 is 20.9 Å². The number of amides is 1. The first-order valence-electron chi connectivity index (χ1n) is 7.63. The van der Waals surface area contributed by atoms with Crippen LogP contribution in [0.1, 0.15) is 39.7 Å². The number of rotatable bonds is 6. The summed E-state index contributed by atoms with van der Waals surface area (Å²) in [7, 11) is 0. The second-order valence-electron chi connectivity index (χ2n) is 6.71. The van der Waals surface area contributed by atoms with Crippen LogP contribution in [0, 0.1) is 5.41 Å². The molecule has 1 rings (SSSR count). The van der Waals surface area contributed by atoms with Gasteiger partial charge in [-0.05, 0) is 51.3 Å². The van der Waals surface area contributed by atoms with Crippen LogP contribution in [0.25, 0.3) is 0 Å². The van der Waals surface area contributed by atoms with Gasteiger partial charge in [0.25, 0.3) is 0 Å². The van der Waals surface area contributed by atoms with Gasteiger partial charge in [-0.2, -0.15) is 0 Å². The Morgan fingerprint density at radius 3 is 2.22 bits per heavy atom. The summed E-state index contributed by atoms with van der Waals surface area (Å²) in [5.74, 6) is -0.951. The molecule has 1 aromatic carbocycles. The van der Waals surface area contributed by atoms with E-state index in [9.17, 15) is 14.7 Å². The minimum atomic E-state index is -1.09. The predicted molar refractivity (Wildman–Crippen MR) is 89.2 cm³/mol. The molecular weight excluding hydrogens is 296 g/mol. The topological polar surface area (TPSA) is 102 Å². The summed E-state index contributed by atoms with van der Waals surface area (Å²) in [6.07, 6.45) is 0.0612. The number of carboxylic acids is 1. The van der Waals surface area contributed by atoms with Gasteiger partial charge in [0.2, 0.25) is 0 Å². The largest absolute Gasteiger partial charge is 0.481 e. The fourth-order valence-electron chi connectivity index (χ4n) is 2.20. The highest BCUT2D eigenvalue weighted by Crippen LogP contribution is 2.27. The van der Waals surface area contributed by atoms with Crippen molar-refractivity contribution in [1.29, 1.82) is 0 Å². The highest BCUT2D eigenvalue weighted by molar-refractivity contribution is 5.77. The second kappa shape index (κ2) is 7.35. The van der Waals surface area contributed by atoms with E-state index in [1.54, 1.807) is 52.0 Å². The molecule has 0 aromatic heterocycles. The lowest BCUT2D eigenvalue weighted by molar-refractivity contribution is -0.148. The minimum absolute atomic E-state index is 0.00186. The number of benzene rings is 1. The van der Waals surface area contributed by atoms with Crippen LogP contribution in [0.4, 0.5) is 10.5 Å². The molecular formula is C17H26N2O4. The first-order valence-corrected chi connectivity index (χ1v) is 7.63. The van der Waals surface area contributed by atoms with Crippen molar-refractivity contribution in [3.8, 4) is 0 Å². The normalized spacial score (nSPS) is 13.9. The number of carboxylic acid groups (broad SMARTS) is 1. The molecule has 4 N–H and O–H groups in total. The van der Waals surface area contributed by atoms with Crippen molar-refractivity contribution < 1.29 is 19.4 Å². The molecule has 1 amide bonds. The van der Waals surface area contributed by atoms with E-state index in [0.29, 0.717) is 18.5 Å². The lowest BCUT2D eigenvalue weighted by Crippen LogP contribution is -2.45. The van der Waals surface area contributed by atoms with E-state index in [4.69, 9.17) is 10.5 Å². The third-order valence-corrected chi connectivity index (χ3v) is 3.62. The smallest absolute Gasteiger partial charge is 0.407 e. The zero-order chi connectivity index (χ0) is 17.7. The van der Waals surface area contributed by atoms with E-state index in [-0.39, 0.29) is 6.54 Å². The molecule has 0 fully saturated rings. The number of nitrogens with one attached hydrogen (secondary N) is 1. The molecule has 1 aromatic rings. The number of hydrogen-bond donors (Lipinski definition) is 3. The quantitative estimate of drug-likeness (QED) is 0.699. The SMILES string of the molecule is CCC(CNC(=O)OC(C)(C)C)(Cc1ccc(N)cc1)C(=O)O. The summed E-state index contributed by atoms with van der Waals surface area (Å²) >= 11 is 0. The minimum Gasteiger partial charge on any atom is -0.481 e. The molecule has 128 valence electrons. The van der Waals surface area contributed by atoms with Crippen molar-refractivity contribution in [3.05, 3.63) is 29.8 Å². The van der Waals surface area contributed by atoms with E-state index in [0.717, 1.165) is 5.56 Å². The van der Waals surface area contributed by atoms with E-state index in [1.807, 2.05) is 0 Å². The molecule has 1 atom stereocenters. The second-order valence-corrected chi connectivity index (χ2v) is 6.71.